The van der Waals surface area contributed by atoms with Crippen molar-refractivity contribution < 1.29 is 15.0 Å². The highest BCUT2D eigenvalue weighted by Crippen LogP contribution is 2.40. The van der Waals surface area contributed by atoms with Gasteiger partial charge < -0.3 is 31.6 Å². The van der Waals surface area contributed by atoms with Gasteiger partial charge in [0, 0.05) is 5.92 Å². The molecule has 1 aliphatic rings. The fraction of sp³-hybridized carbons (Fsp3) is 0.385. The zero-order valence-electron chi connectivity index (χ0n) is 11.5. The van der Waals surface area contributed by atoms with Gasteiger partial charge in [-0.05, 0) is 12.0 Å². The summed E-state index contributed by atoms with van der Waals surface area (Å²) in [6.45, 7) is 7.08. The van der Waals surface area contributed by atoms with Gasteiger partial charge >= 0.3 is 0 Å². The molecule has 21 heavy (non-hydrogen) atoms. The van der Waals surface area contributed by atoms with Crippen molar-refractivity contribution in [3.63, 3.8) is 0 Å². The number of nitrogen functional groups attached to an aromatic ring is 1. The third-order valence-corrected chi connectivity index (χ3v) is 3.69. The summed E-state index contributed by atoms with van der Waals surface area (Å²) in [7, 11) is 0. The van der Waals surface area contributed by atoms with Crippen molar-refractivity contribution in [2.45, 2.75) is 18.6 Å². The first-order chi connectivity index (χ1) is 9.86. The van der Waals surface area contributed by atoms with Gasteiger partial charge in [0.25, 0.3) is 5.91 Å². The third-order valence-electron chi connectivity index (χ3n) is 3.69. The van der Waals surface area contributed by atoms with Crippen LogP contribution in [-0.2, 0) is 0 Å². The summed E-state index contributed by atoms with van der Waals surface area (Å²) in [5, 5.41) is 21.5. The summed E-state index contributed by atoms with van der Waals surface area (Å²) in [5.41, 5.74) is 11.9. The van der Waals surface area contributed by atoms with Gasteiger partial charge in [0.15, 0.2) is 5.69 Å². The lowest BCUT2D eigenvalue weighted by molar-refractivity contribution is 0.0961. The predicted octanol–water partition coefficient (Wildman–Crippen LogP) is -0.905. The molecule has 2 rings (SSSR count). The molecule has 1 aromatic heterocycles. The number of aromatic nitrogens is 2. The molecule has 1 fully saturated rings. The Morgan fingerprint density at radius 2 is 2.29 bits per heavy atom. The third kappa shape index (κ3) is 2.63. The first kappa shape index (κ1) is 15.1. The van der Waals surface area contributed by atoms with E-state index in [-0.39, 0.29) is 30.0 Å². The summed E-state index contributed by atoms with van der Waals surface area (Å²) in [6, 6.07) is -0.313. The van der Waals surface area contributed by atoms with Crippen LogP contribution >= 0.6 is 0 Å². The Hall–Kier alpha value is -2.32. The molecule has 0 saturated heterocycles. The molecule has 3 atom stereocenters. The molecule has 0 bridgehead atoms. The van der Waals surface area contributed by atoms with Crippen LogP contribution in [0.2, 0.25) is 0 Å². The normalized spacial score (nSPS) is 25.0. The standard InChI is InChI=1S/C13H19N5O3/c1-6-8(4-19)10(20)3-9(6)18-5-16-11(12(18)15)13(21)17-7(2)14/h5,8-10,19-20H,1-4,14-15H2,(H,17,21)/t8-,9-,10-/m0/s1. The number of anilines is 1. The van der Waals surface area contributed by atoms with Crippen molar-refractivity contribution in [1.29, 1.82) is 0 Å². The maximum absolute atomic E-state index is 11.9. The van der Waals surface area contributed by atoms with Crippen LogP contribution in [0.3, 0.4) is 0 Å². The van der Waals surface area contributed by atoms with E-state index >= 15 is 0 Å². The molecule has 8 nitrogen and oxygen atoms in total. The highest BCUT2D eigenvalue weighted by Gasteiger charge is 2.38. The van der Waals surface area contributed by atoms with Crippen LogP contribution in [0.4, 0.5) is 5.82 Å². The fourth-order valence-corrected chi connectivity index (χ4v) is 2.57. The van der Waals surface area contributed by atoms with Crippen LogP contribution in [0.25, 0.3) is 0 Å². The Morgan fingerprint density at radius 3 is 2.81 bits per heavy atom. The lowest BCUT2D eigenvalue weighted by Gasteiger charge is -2.16. The van der Waals surface area contributed by atoms with Gasteiger partial charge in [-0.25, -0.2) is 4.98 Å². The van der Waals surface area contributed by atoms with Crippen molar-refractivity contribution >= 4 is 11.7 Å². The Kier molecular flexibility index (Phi) is 4.01. The number of nitrogens with zero attached hydrogens (tertiary/aromatic N) is 2. The molecule has 1 heterocycles. The average Bonchev–Trinajstić information content (AvgIpc) is 2.89. The number of aliphatic hydroxyl groups excluding tert-OH is 2. The van der Waals surface area contributed by atoms with E-state index in [1.165, 1.54) is 6.33 Å². The molecule has 0 aliphatic heterocycles. The van der Waals surface area contributed by atoms with Crippen LogP contribution in [0.15, 0.2) is 30.9 Å². The molecule has 7 N–H and O–H groups in total. The molecular formula is C13H19N5O3. The van der Waals surface area contributed by atoms with Crippen molar-refractivity contribution in [2.24, 2.45) is 11.7 Å². The van der Waals surface area contributed by atoms with E-state index in [0.29, 0.717) is 12.0 Å². The molecule has 0 radical (unpaired) electrons. The monoisotopic (exact) mass is 293 g/mol. The average molecular weight is 293 g/mol. The minimum absolute atomic E-state index is 0.00464. The number of hydrogen-bond donors (Lipinski definition) is 5. The number of nitrogens with one attached hydrogen (secondary N) is 1. The molecule has 114 valence electrons. The van der Waals surface area contributed by atoms with Crippen LogP contribution in [-0.4, -0.2) is 38.4 Å². The second-order valence-corrected chi connectivity index (χ2v) is 5.05. The minimum Gasteiger partial charge on any atom is -0.396 e. The Balaban J connectivity index is 2.27. The lowest BCUT2D eigenvalue weighted by Crippen LogP contribution is -2.27. The van der Waals surface area contributed by atoms with Gasteiger partial charge in [-0.2, -0.15) is 0 Å². The smallest absolute Gasteiger partial charge is 0.279 e. The summed E-state index contributed by atoms with van der Waals surface area (Å²) in [5.74, 6) is -0.819. The van der Waals surface area contributed by atoms with Gasteiger partial charge in [0.05, 0.1) is 30.9 Å². The van der Waals surface area contributed by atoms with Gasteiger partial charge in [-0.15, -0.1) is 0 Å². The van der Waals surface area contributed by atoms with E-state index in [0.717, 1.165) is 0 Å². The fourth-order valence-electron chi connectivity index (χ4n) is 2.57. The first-order valence-corrected chi connectivity index (χ1v) is 6.42. The van der Waals surface area contributed by atoms with E-state index < -0.39 is 17.9 Å². The number of imidazole rings is 1. The van der Waals surface area contributed by atoms with E-state index in [1.807, 2.05) is 0 Å². The lowest BCUT2D eigenvalue weighted by atomic mass is 10.0. The van der Waals surface area contributed by atoms with Crippen molar-refractivity contribution in [3.05, 3.63) is 36.6 Å². The quantitative estimate of drug-likeness (QED) is 0.456. The molecule has 0 unspecified atom stereocenters. The maximum atomic E-state index is 11.9. The second-order valence-electron chi connectivity index (χ2n) is 5.05. The van der Waals surface area contributed by atoms with Crippen molar-refractivity contribution in [1.82, 2.24) is 14.9 Å². The van der Waals surface area contributed by atoms with Gasteiger partial charge in [0.2, 0.25) is 0 Å². The molecule has 8 heteroatoms. The predicted molar refractivity (Wildman–Crippen MR) is 76.8 cm³/mol. The number of hydrogen-bond acceptors (Lipinski definition) is 6. The topological polar surface area (TPSA) is 139 Å². The maximum Gasteiger partial charge on any atom is 0.279 e. The zero-order chi connectivity index (χ0) is 15.7. The van der Waals surface area contributed by atoms with E-state index in [4.69, 9.17) is 11.5 Å². The number of nitrogens with two attached hydrogens (primary N) is 2. The number of carbonyl (C=O) groups is 1. The summed E-state index contributed by atoms with van der Waals surface area (Å²) < 4.78 is 1.56. The van der Waals surface area contributed by atoms with Crippen LogP contribution in [0.1, 0.15) is 23.0 Å². The molecule has 0 aromatic carbocycles. The molecule has 1 aromatic rings. The SMILES string of the molecule is C=C(N)NC(=O)c1ncn([C@H]2C[C@H](O)[C@@H](CO)C2=C)c1N. The highest BCUT2D eigenvalue weighted by molar-refractivity contribution is 5.97. The van der Waals surface area contributed by atoms with Crippen LogP contribution in [0.5, 0.6) is 0 Å². The Bertz CT molecular complexity index is 595. The number of amides is 1. The van der Waals surface area contributed by atoms with Crippen LogP contribution in [0, 0.1) is 5.92 Å². The van der Waals surface area contributed by atoms with E-state index in [9.17, 15) is 15.0 Å². The molecule has 1 aliphatic carbocycles. The van der Waals surface area contributed by atoms with Crippen molar-refractivity contribution in [2.75, 3.05) is 12.3 Å². The first-order valence-electron chi connectivity index (χ1n) is 6.42. The van der Waals surface area contributed by atoms with E-state index in [1.54, 1.807) is 4.57 Å². The molecule has 1 saturated carbocycles. The van der Waals surface area contributed by atoms with Gasteiger partial charge in [-0.1, -0.05) is 13.2 Å². The van der Waals surface area contributed by atoms with Gasteiger partial charge in [-0.3, -0.25) is 4.79 Å². The number of rotatable bonds is 4. The summed E-state index contributed by atoms with van der Waals surface area (Å²) in [6.07, 6.45) is 1.07. The summed E-state index contributed by atoms with van der Waals surface area (Å²) in [4.78, 5) is 15.8. The Labute approximate surface area is 121 Å². The van der Waals surface area contributed by atoms with Gasteiger partial charge in [0.1, 0.15) is 5.82 Å². The van der Waals surface area contributed by atoms with E-state index in [2.05, 4.69) is 23.5 Å². The van der Waals surface area contributed by atoms with Crippen LogP contribution < -0.4 is 16.8 Å². The minimum atomic E-state index is -0.699. The van der Waals surface area contributed by atoms with Crippen molar-refractivity contribution in [3.8, 4) is 0 Å². The largest absolute Gasteiger partial charge is 0.396 e. The summed E-state index contributed by atoms with van der Waals surface area (Å²) >= 11 is 0. The Morgan fingerprint density at radius 1 is 1.62 bits per heavy atom. The molecule has 0 spiro atoms. The number of carbonyl (C=O) groups excluding carboxylic acids is 1. The zero-order valence-corrected chi connectivity index (χ0v) is 11.5. The molecule has 1 amide bonds. The second kappa shape index (κ2) is 5.58. The number of aliphatic hydroxyl groups is 2. The highest BCUT2D eigenvalue weighted by atomic mass is 16.3. The molecular weight excluding hydrogens is 274 g/mol.